The number of benzene rings is 3. The predicted octanol–water partition coefficient (Wildman–Crippen LogP) is 6.16. The third-order valence-electron chi connectivity index (χ3n) is 7.62. The quantitative estimate of drug-likeness (QED) is 0.147. The highest BCUT2D eigenvalue weighted by Crippen LogP contribution is 2.28. The van der Waals surface area contributed by atoms with Crippen molar-refractivity contribution in [3.05, 3.63) is 108 Å². The van der Waals surface area contributed by atoms with Crippen LogP contribution in [0.2, 0.25) is 0 Å². The molecule has 42 heavy (non-hydrogen) atoms. The van der Waals surface area contributed by atoms with Crippen molar-refractivity contribution < 1.29 is 23.7 Å². The van der Waals surface area contributed by atoms with Gasteiger partial charge in [0.05, 0.1) is 32.5 Å². The van der Waals surface area contributed by atoms with E-state index in [1.54, 1.807) is 0 Å². The lowest BCUT2D eigenvalue weighted by Crippen LogP contribution is -2.52. The molecule has 2 heterocycles. The maximum atomic E-state index is 6.59. The summed E-state index contributed by atoms with van der Waals surface area (Å²) in [4.78, 5) is 3.49. The minimum Gasteiger partial charge on any atom is -0.379 e. The number of fused-ring (bicyclic) bond motifs is 1. The second-order valence-corrected chi connectivity index (χ2v) is 10.9. The molecule has 0 aliphatic carbocycles. The lowest BCUT2D eigenvalue weighted by molar-refractivity contribution is -0.289. The fraction of sp³-hybridized carbons (Fsp3) is 0.429. The number of rotatable bonds is 17. The zero-order chi connectivity index (χ0) is 28.8. The maximum Gasteiger partial charge on any atom is 0.184 e. The van der Waals surface area contributed by atoms with Crippen molar-refractivity contribution in [1.82, 2.24) is 4.98 Å². The van der Waals surface area contributed by atoms with E-state index >= 15 is 0 Å². The van der Waals surface area contributed by atoms with Crippen LogP contribution in [0.25, 0.3) is 10.9 Å². The average molecular weight is 573 g/mol. The molecule has 0 bridgehead atoms. The van der Waals surface area contributed by atoms with Crippen LogP contribution in [-0.2, 0) is 43.3 Å². The third-order valence-corrected chi connectivity index (χ3v) is 7.62. The number of hydrogen-bond acceptors (Lipinski definition) is 6. The molecule has 7 heteroatoms. The van der Waals surface area contributed by atoms with Crippen LogP contribution in [0.3, 0.4) is 0 Å². The summed E-state index contributed by atoms with van der Waals surface area (Å²) in [5.74, 6) is 0. The summed E-state index contributed by atoms with van der Waals surface area (Å²) >= 11 is 0. The summed E-state index contributed by atoms with van der Waals surface area (Å²) < 4.78 is 31.9. The highest BCUT2D eigenvalue weighted by atomic mass is 16.7. The van der Waals surface area contributed by atoms with Crippen LogP contribution in [0.5, 0.6) is 0 Å². The first kappa shape index (κ1) is 30.4. The zero-order valence-corrected chi connectivity index (χ0v) is 24.4. The molecule has 3 aromatic carbocycles. The predicted molar refractivity (Wildman–Crippen MR) is 165 cm³/mol. The number of nitrogens with two attached hydrogens (primary N) is 1. The fourth-order valence-electron chi connectivity index (χ4n) is 5.29. The molecule has 3 N–H and O–H groups in total. The Bertz CT molecular complexity index is 1270. The number of hydrogen-bond donors (Lipinski definition) is 2. The Morgan fingerprint density at radius 3 is 2.14 bits per heavy atom. The van der Waals surface area contributed by atoms with Gasteiger partial charge in [0.2, 0.25) is 0 Å². The molecule has 0 amide bonds. The van der Waals surface area contributed by atoms with Crippen LogP contribution in [0.1, 0.15) is 42.5 Å². The molecule has 1 aliphatic rings. The standard InChI is InChI=1S/C35H44N2O5/c36-19-10-3-11-20-38-26-34-32(40-24-27-12-4-1-5-13-27)23-33(41-25-28-14-6-2-7-15-28)35(42-34)39-21-18-30-22-29-16-8-9-17-31(29)37-30/h1-2,4-9,12-17,22,32-35,37H,3,10-11,18-21,23-26,36H2. The number of ether oxygens (including phenoxy) is 5. The van der Waals surface area contributed by atoms with E-state index in [9.17, 15) is 0 Å². The molecule has 1 aromatic heterocycles. The van der Waals surface area contributed by atoms with E-state index in [2.05, 4.69) is 53.5 Å². The Hall–Kier alpha value is -3.04. The van der Waals surface area contributed by atoms with Gasteiger partial charge in [0, 0.05) is 30.7 Å². The van der Waals surface area contributed by atoms with E-state index in [1.807, 2.05) is 42.5 Å². The zero-order valence-electron chi connectivity index (χ0n) is 24.4. The van der Waals surface area contributed by atoms with E-state index in [-0.39, 0.29) is 18.3 Å². The molecular weight excluding hydrogens is 528 g/mol. The summed E-state index contributed by atoms with van der Waals surface area (Å²) in [6, 6.07) is 30.9. The number of para-hydroxylation sites is 1. The second kappa shape index (κ2) is 16.6. The van der Waals surface area contributed by atoms with Gasteiger partial charge in [0.25, 0.3) is 0 Å². The van der Waals surface area contributed by atoms with E-state index in [1.165, 1.54) is 5.39 Å². The Morgan fingerprint density at radius 2 is 1.43 bits per heavy atom. The van der Waals surface area contributed by atoms with Crippen LogP contribution in [0, 0.1) is 0 Å². The van der Waals surface area contributed by atoms with Gasteiger partial charge in [0.15, 0.2) is 6.29 Å². The molecular formula is C35H44N2O5. The third kappa shape index (κ3) is 9.23. The first-order chi connectivity index (χ1) is 20.8. The minimum atomic E-state index is -0.527. The minimum absolute atomic E-state index is 0.191. The maximum absolute atomic E-state index is 6.59. The van der Waals surface area contributed by atoms with E-state index in [0.717, 1.165) is 48.0 Å². The van der Waals surface area contributed by atoms with Gasteiger partial charge in [0.1, 0.15) is 12.2 Å². The van der Waals surface area contributed by atoms with Crippen LogP contribution in [0.4, 0.5) is 0 Å². The molecule has 1 fully saturated rings. The van der Waals surface area contributed by atoms with Crippen LogP contribution in [-0.4, -0.2) is 56.0 Å². The second-order valence-electron chi connectivity index (χ2n) is 10.9. The number of aromatic amines is 1. The van der Waals surface area contributed by atoms with E-state index in [4.69, 9.17) is 29.4 Å². The van der Waals surface area contributed by atoms with Crippen molar-refractivity contribution in [2.45, 2.75) is 69.9 Å². The van der Waals surface area contributed by atoms with Gasteiger partial charge in [-0.25, -0.2) is 0 Å². The van der Waals surface area contributed by atoms with Gasteiger partial charge >= 0.3 is 0 Å². The van der Waals surface area contributed by atoms with Gasteiger partial charge in [-0.05, 0) is 54.5 Å². The van der Waals surface area contributed by atoms with Crippen molar-refractivity contribution in [1.29, 1.82) is 0 Å². The molecule has 1 saturated heterocycles. The van der Waals surface area contributed by atoms with Crippen molar-refractivity contribution in [2.75, 3.05) is 26.4 Å². The number of nitrogens with one attached hydrogen (secondary N) is 1. The van der Waals surface area contributed by atoms with Crippen LogP contribution >= 0.6 is 0 Å². The molecule has 4 aromatic rings. The smallest absolute Gasteiger partial charge is 0.184 e. The molecule has 0 spiro atoms. The monoisotopic (exact) mass is 572 g/mol. The Balaban J connectivity index is 1.24. The van der Waals surface area contributed by atoms with Gasteiger partial charge in [-0.15, -0.1) is 0 Å². The molecule has 0 radical (unpaired) electrons. The Kier molecular flexibility index (Phi) is 12.0. The molecule has 7 nitrogen and oxygen atoms in total. The summed E-state index contributed by atoms with van der Waals surface area (Å²) in [5, 5.41) is 1.20. The van der Waals surface area contributed by atoms with E-state index in [0.29, 0.717) is 46.0 Å². The summed E-state index contributed by atoms with van der Waals surface area (Å²) in [7, 11) is 0. The summed E-state index contributed by atoms with van der Waals surface area (Å²) in [6.07, 6.45) is 3.18. The molecule has 224 valence electrons. The first-order valence-corrected chi connectivity index (χ1v) is 15.2. The van der Waals surface area contributed by atoms with Crippen LogP contribution < -0.4 is 5.73 Å². The molecule has 0 saturated carbocycles. The number of unbranched alkanes of at least 4 members (excludes halogenated alkanes) is 2. The number of H-pyrrole nitrogens is 1. The van der Waals surface area contributed by atoms with Gasteiger partial charge in [-0.1, -0.05) is 78.9 Å². The Morgan fingerprint density at radius 1 is 0.738 bits per heavy atom. The molecule has 4 unspecified atom stereocenters. The highest BCUT2D eigenvalue weighted by Gasteiger charge is 2.40. The van der Waals surface area contributed by atoms with Crippen molar-refractivity contribution in [3.8, 4) is 0 Å². The lowest BCUT2D eigenvalue weighted by atomic mass is 10.0. The van der Waals surface area contributed by atoms with Gasteiger partial charge in [-0.3, -0.25) is 0 Å². The molecule has 1 aliphatic heterocycles. The van der Waals surface area contributed by atoms with Gasteiger partial charge < -0.3 is 34.4 Å². The topological polar surface area (TPSA) is 88.0 Å². The van der Waals surface area contributed by atoms with Crippen molar-refractivity contribution in [3.63, 3.8) is 0 Å². The fourth-order valence-corrected chi connectivity index (χ4v) is 5.29. The van der Waals surface area contributed by atoms with E-state index < -0.39 is 6.29 Å². The molecule has 4 atom stereocenters. The lowest BCUT2D eigenvalue weighted by Gasteiger charge is -2.41. The van der Waals surface area contributed by atoms with Crippen molar-refractivity contribution in [2.24, 2.45) is 5.73 Å². The van der Waals surface area contributed by atoms with Crippen molar-refractivity contribution >= 4 is 10.9 Å². The summed E-state index contributed by atoms with van der Waals surface area (Å²) in [6.45, 7) is 3.30. The normalized spacial score (nSPS) is 20.7. The SMILES string of the molecule is NCCCCCOCC1OC(OCCc2cc3ccccc3[nH]2)C(OCc2ccccc2)CC1OCc1ccccc1. The average Bonchev–Trinajstić information content (AvgIpc) is 3.45. The Labute approximate surface area is 249 Å². The molecule has 5 rings (SSSR count). The van der Waals surface area contributed by atoms with Gasteiger partial charge in [-0.2, -0.15) is 0 Å². The van der Waals surface area contributed by atoms with Crippen LogP contribution in [0.15, 0.2) is 91.0 Å². The summed E-state index contributed by atoms with van der Waals surface area (Å²) in [5.41, 5.74) is 10.1. The highest BCUT2D eigenvalue weighted by molar-refractivity contribution is 5.80. The first-order valence-electron chi connectivity index (χ1n) is 15.2. The number of aromatic nitrogens is 1. The largest absolute Gasteiger partial charge is 0.379 e.